The molecule has 1 fully saturated rings. The van der Waals surface area contributed by atoms with Gasteiger partial charge in [0.1, 0.15) is 6.61 Å². The average molecular weight is 327 g/mol. The molecular weight excluding hydrogens is 288 g/mol. The number of unbranched alkanes of at least 4 members (excludes halogenated alkanes) is 4. The smallest absolute Gasteiger partial charge is 0.308 e. The highest BCUT2D eigenvalue weighted by molar-refractivity contribution is 5.72. The van der Waals surface area contributed by atoms with Crippen LogP contribution in [0.2, 0.25) is 0 Å². The summed E-state index contributed by atoms with van der Waals surface area (Å²) in [5.41, 5.74) is 0. The average Bonchev–Trinajstić information content (AvgIpc) is 2.55. The summed E-state index contributed by atoms with van der Waals surface area (Å²) in [5, 5.41) is 0. The van der Waals surface area contributed by atoms with Gasteiger partial charge < -0.3 is 9.64 Å². The first-order valence-corrected chi connectivity index (χ1v) is 9.74. The molecular formula is C19H38N2O2. The van der Waals surface area contributed by atoms with Gasteiger partial charge in [-0.3, -0.25) is 9.69 Å². The zero-order chi connectivity index (χ0) is 16.9. The monoisotopic (exact) mass is 326 g/mol. The van der Waals surface area contributed by atoms with Gasteiger partial charge in [0.25, 0.3) is 0 Å². The summed E-state index contributed by atoms with van der Waals surface area (Å²) >= 11 is 0. The predicted octanol–water partition coefficient (Wildman–Crippen LogP) is 3.55. The van der Waals surface area contributed by atoms with Crippen LogP contribution in [0.5, 0.6) is 0 Å². The minimum atomic E-state index is 0.0475. The van der Waals surface area contributed by atoms with E-state index < -0.39 is 0 Å². The van der Waals surface area contributed by atoms with E-state index in [1.807, 2.05) is 0 Å². The topological polar surface area (TPSA) is 32.8 Å². The number of hydrogen-bond donors (Lipinski definition) is 0. The second-order valence-electron chi connectivity index (χ2n) is 7.00. The van der Waals surface area contributed by atoms with Gasteiger partial charge in [-0.2, -0.15) is 0 Å². The van der Waals surface area contributed by atoms with Crippen molar-refractivity contribution in [2.45, 2.75) is 65.2 Å². The largest absolute Gasteiger partial charge is 0.464 e. The van der Waals surface area contributed by atoms with Gasteiger partial charge in [-0.1, -0.05) is 52.4 Å². The highest BCUT2D eigenvalue weighted by atomic mass is 16.5. The Morgan fingerprint density at radius 1 is 0.957 bits per heavy atom. The van der Waals surface area contributed by atoms with Crippen LogP contribution in [-0.2, 0) is 9.53 Å². The quantitative estimate of drug-likeness (QED) is 0.405. The van der Waals surface area contributed by atoms with E-state index in [1.54, 1.807) is 0 Å². The summed E-state index contributed by atoms with van der Waals surface area (Å²) in [5.74, 6) is 0.173. The number of hydrogen-bond acceptors (Lipinski definition) is 4. The molecule has 0 saturated carbocycles. The molecule has 1 aliphatic rings. The molecule has 23 heavy (non-hydrogen) atoms. The Hall–Kier alpha value is -0.610. The fourth-order valence-electron chi connectivity index (χ4n) is 3.13. The number of rotatable bonds is 12. The van der Waals surface area contributed by atoms with Crippen LogP contribution in [0.4, 0.5) is 0 Å². The summed E-state index contributed by atoms with van der Waals surface area (Å²) in [6.07, 6.45) is 9.18. The van der Waals surface area contributed by atoms with E-state index in [2.05, 4.69) is 30.7 Å². The zero-order valence-corrected chi connectivity index (χ0v) is 15.7. The van der Waals surface area contributed by atoms with Gasteiger partial charge in [0.15, 0.2) is 0 Å². The first-order chi connectivity index (χ1) is 11.2. The van der Waals surface area contributed by atoms with E-state index >= 15 is 0 Å². The van der Waals surface area contributed by atoms with Crippen LogP contribution in [0.3, 0.4) is 0 Å². The van der Waals surface area contributed by atoms with Crippen molar-refractivity contribution in [3.63, 3.8) is 0 Å². The summed E-state index contributed by atoms with van der Waals surface area (Å²) < 4.78 is 5.60. The van der Waals surface area contributed by atoms with Crippen molar-refractivity contribution < 1.29 is 9.53 Å². The standard InChI is InChI=1S/C19H38N2O2/c1-4-6-8-10-18(11-9-7-5-2)19(22)23-17-16-21-14-12-20(3)13-15-21/h18H,4-17H2,1-3H3. The third-order valence-electron chi connectivity index (χ3n) is 4.89. The predicted molar refractivity (Wildman–Crippen MR) is 96.7 cm³/mol. The van der Waals surface area contributed by atoms with Crippen LogP contribution in [0.25, 0.3) is 0 Å². The van der Waals surface area contributed by atoms with Gasteiger partial charge in [0.05, 0.1) is 5.92 Å². The van der Waals surface area contributed by atoms with E-state index in [0.717, 1.165) is 58.4 Å². The summed E-state index contributed by atoms with van der Waals surface area (Å²) in [4.78, 5) is 17.1. The molecule has 0 bridgehead atoms. The molecule has 0 N–H and O–H groups in total. The lowest BCUT2D eigenvalue weighted by Crippen LogP contribution is -2.45. The Balaban J connectivity index is 2.24. The maximum absolute atomic E-state index is 12.4. The molecule has 0 unspecified atom stereocenters. The molecule has 136 valence electrons. The lowest BCUT2D eigenvalue weighted by Gasteiger charge is -2.32. The van der Waals surface area contributed by atoms with Crippen LogP contribution in [0.15, 0.2) is 0 Å². The Morgan fingerprint density at radius 2 is 1.52 bits per heavy atom. The molecule has 0 aromatic heterocycles. The third kappa shape index (κ3) is 9.31. The van der Waals surface area contributed by atoms with E-state index in [0.29, 0.717) is 6.61 Å². The number of carbonyl (C=O) groups excluding carboxylic acids is 1. The maximum Gasteiger partial charge on any atom is 0.308 e. The second-order valence-corrected chi connectivity index (χ2v) is 7.00. The number of carbonyl (C=O) groups is 1. The van der Waals surface area contributed by atoms with E-state index in [-0.39, 0.29) is 11.9 Å². The van der Waals surface area contributed by atoms with Crippen LogP contribution in [0.1, 0.15) is 65.2 Å². The molecule has 0 amide bonds. The lowest BCUT2D eigenvalue weighted by atomic mass is 9.95. The first kappa shape index (κ1) is 20.4. The van der Waals surface area contributed by atoms with Gasteiger partial charge in [-0.05, 0) is 19.9 Å². The Morgan fingerprint density at radius 3 is 2.04 bits per heavy atom. The number of likely N-dealkylation sites (N-methyl/N-ethyl adjacent to an activating group) is 1. The van der Waals surface area contributed by atoms with E-state index in [1.165, 1.54) is 25.7 Å². The number of ether oxygens (including phenoxy) is 1. The Bertz CT molecular complexity index is 292. The van der Waals surface area contributed by atoms with Gasteiger partial charge in [0.2, 0.25) is 0 Å². The fraction of sp³-hybridized carbons (Fsp3) is 0.947. The molecule has 0 spiro atoms. The summed E-state index contributed by atoms with van der Waals surface area (Å²) in [6, 6.07) is 0. The molecule has 0 aliphatic carbocycles. The van der Waals surface area contributed by atoms with Gasteiger partial charge in [0, 0.05) is 32.7 Å². The first-order valence-electron chi connectivity index (χ1n) is 9.74. The van der Waals surface area contributed by atoms with Crippen molar-refractivity contribution in [3.8, 4) is 0 Å². The summed E-state index contributed by atoms with van der Waals surface area (Å²) in [7, 11) is 2.16. The van der Waals surface area contributed by atoms with Gasteiger partial charge in [-0.15, -0.1) is 0 Å². The molecule has 1 rings (SSSR count). The van der Waals surface area contributed by atoms with Gasteiger partial charge in [-0.25, -0.2) is 0 Å². The molecule has 4 heteroatoms. The second kappa shape index (κ2) is 12.8. The minimum absolute atomic E-state index is 0.0475. The third-order valence-corrected chi connectivity index (χ3v) is 4.89. The molecule has 0 atom stereocenters. The molecule has 4 nitrogen and oxygen atoms in total. The number of piperazine rings is 1. The lowest BCUT2D eigenvalue weighted by molar-refractivity contribution is -0.149. The van der Waals surface area contributed by atoms with Crippen molar-refractivity contribution in [2.24, 2.45) is 5.92 Å². The number of esters is 1. The summed E-state index contributed by atoms with van der Waals surface area (Å²) in [6.45, 7) is 10.3. The van der Waals surface area contributed by atoms with Crippen LogP contribution in [0, 0.1) is 5.92 Å². The highest BCUT2D eigenvalue weighted by Crippen LogP contribution is 2.19. The van der Waals surface area contributed by atoms with Crippen molar-refractivity contribution in [1.29, 1.82) is 0 Å². The van der Waals surface area contributed by atoms with Crippen molar-refractivity contribution in [1.82, 2.24) is 9.80 Å². The fourth-order valence-corrected chi connectivity index (χ4v) is 3.13. The van der Waals surface area contributed by atoms with Crippen LogP contribution in [-0.4, -0.2) is 62.1 Å². The highest BCUT2D eigenvalue weighted by Gasteiger charge is 2.20. The van der Waals surface area contributed by atoms with E-state index in [4.69, 9.17) is 4.74 Å². The number of nitrogens with zero attached hydrogens (tertiary/aromatic N) is 2. The minimum Gasteiger partial charge on any atom is -0.464 e. The zero-order valence-electron chi connectivity index (χ0n) is 15.7. The van der Waals surface area contributed by atoms with Gasteiger partial charge >= 0.3 is 5.97 Å². The molecule has 0 aromatic carbocycles. The van der Waals surface area contributed by atoms with Crippen molar-refractivity contribution in [3.05, 3.63) is 0 Å². The Labute approximate surface area is 143 Å². The van der Waals surface area contributed by atoms with Crippen molar-refractivity contribution in [2.75, 3.05) is 46.4 Å². The van der Waals surface area contributed by atoms with E-state index in [9.17, 15) is 4.79 Å². The molecule has 0 radical (unpaired) electrons. The molecule has 1 aliphatic heterocycles. The van der Waals surface area contributed by atoms with Crippen molar-refractivity contribution >= 4 is 5.97 Å². The Kier molecular flexibility index (Phi) is 11.3. The molecule has 0 aromatic rings. The van der Waals surface area contributed by atoms with Crippen LogP contribution < -0.4 is 0 Å². The normalized spacial score (nSPS) is 16.9. The molecule has 1 saturated heterocycles. The SMILES string of the molecule is CCCCCC(CCCCC)C(=O)OCCN1CCN(C)CC1. The van der Waals surface area contributed by atoms with Crippen LogP contribution >= 0.6 is 0 Å². The maximum atomic E-state index is 12.4. The molecule has 1 heterocycles.